The van der Waals surface area contributed by atoms with E-state index in [1.165, 1.54) is 37.9 Å². The van der Waals surface area contributed by atoms with Gasteiger partial charge in [-0.25, -0.2) is 0 Å². The fourth-order valence-corrected chi connectivity index (χ4v) is 2.26. The molecule has 0 bridgehead atoms. The Morgan fingerprint density at radius 2 is 1.90 bits per heavy atom. The van der Waals surface area contributed by atoms with E-state index in [2.05, 4.69) is 46.4 Å². The molecule has 0 aliphatic carbocycles. The van der Waals surface area contributed by atoms with Crippen molar-refractivity contribution >= 4 is 11.8 Å². The van der Waals surface area contributed by atoms with E-state index in [1.54, 1.807) is 0 Å². The molecule has 0 saturated carbocycles. The minimum absolute atomic E-state index is 0.949. The van der Waals surface area contributed by atoms with Crippen LogP contribution in [-0.4, -0.2) is 56.5 Å². The molecule has 2 N–H and O–H groups in total. The first-order valence-corrected chi connectivity index (χ1v) is 8.54. The van der Waals surface area contributed by atoms with E-state index in [0.717, 1.165) is 45.1 Å². The highest BCUT2D eigenvalue weighted by atomic mass is 15.3. The summed E-state index contributed by atoms with van der Waals surface area (Å²) in [5.41, 5.74) is 0. The fraction of sp³-hybridized carbons (Fsp3) is 0.875. The molecule has 122 valence electrons. The highest BCUT2D eigenvalue weighted by Crippen LogP contribution is 2.01. The van der Waals surface area contributed by atoms with Gasteiger partial charge in [-0.3, -0.25) is 9.98 Å². The van der Waals surface area contributed by atoms with Crippen LogP contribution in [0.2, 0.25) is 0 Å². The molecule has 0 atom stereocenters. The quantitative estimate of drug-likeness (QED) is 0.708. The Labute approximate surface area is 130 Å². The lowest BCUT2D eigenvalue weighted by molar-refractivity contribution is 0.532. The van der Waals surface area contributed by atoms with Crippen molar-refractivity contribution in [1.29, 1.82) is 0 Å². The first-order valence-electron chi connectivity index (χ1n) is 8.54. The molecule has 2 aliphatic heterocycles. The molecule has 0 unspecified atom stereocenters. The van der Waals surface area contributed by atoms with E-state index < -0.39 is 0 Å². The van der Waals surface area contributed by atoms with Gasteiger partial charge in [0.15, 0.2) is 5.96 Å². The van der Waals surface area contributed by atoms with Crippen molar-refractivity contribution in [1.82, 2.24) is 15.5 Å². The lowest BCUT2D eigenvalue weighted by atomic mass is 10.2. The Kier molecular flexibility index (Phi) is 9.66. The van der Waals surface area contributed by atoms with Gasteiger partial charge in [-0.2, -0.15) is 0 Å². The molecule has 0 aromatic carbocycles. The number of nitrogens with zero attached hydrogens (tertiary/aromatic N) is 3. The van der Waals surface area contributed by atoms with E-state index in [0.29, 0.717) is 0 Å². The van der Waals surface area contributed by atoms with Crippen LogP contribution >= 0.6 is 0 Å². The van der Waals surface area contributed by atoms with Gasteiger partial charge in [-0.05, 0) is 12.8 Å². The summed E-state index contributed by atoms with van der Waals surface area (Å²) in [4.78, 5) is 10.8. The molecule has 5 heteroatoms. The van der Waals surface area contributed by atoms with E-state index in [-0.39, 0.29) is 0 Å². The lowest BCUT2D eigenvalue weighted by Crippen LogP contribution is -2.35. The van der Waals surface area contributed by atoms with Gasteiger partial charge >= 0.3 is 0 Å². The Morgan fingerprint density at radius 1 is 1.10 bits per heavy atom. The van der Waals surface area contributed by atoms with Crippen LogP contribution in [0.25, 0.3) is 0 Å². The van der Waals surface area contributed by atoms with Crippen molar-refractivity contribution < 1.29 is 0 Å². The van der Waals surface area contributed by atoms with Gasteiger partial charge < -0.3 is 15.5 Å². The maximum absolute atomic E-state index is 4.32. The fourth-order valence-electron chi connectivity index (χ4n) is 2.26. The van der Waals surface area contributed by atoms with Crippen molar-refractivity contribution in [3.63, 3.8) is 0 Å². The van der Waals surface area contributed by atoms with Gasteiger partial charge in [0.1, 0.15) is 0 Å². The molecule has 0 radical (unpaired) electrons. The van der Waals surface area contributed by atoms with Crippen molar-refractivity contribution in [3.05, 3.63) is 0 Å². The summed E-state index contributed by atoms with van der Waals surface area (Å²) in [6, 6.07) is 0. The number of amidine groups is 1. The molecule has 0 aromatic rings. The predicted octanol–water partition coefficient (Wildman–Crippen LogP) is 2.25. The lowest BCUT2D eigenvalue weighted by Gasteiger charge is -2.14. The number of unbranched alkanes of at least 4 members (excludes halogenated alkanes) is 3. The van der Waals surface area contributed by atoms with Crippen LogP contribution in [0.3, 0.4) is 0 Å². The van der Waals surface area contributed by atoms with Crippen LogP contribution in [0, 0.1) is 0 Å². The van der Waals surface area contributed by atoms with Gasteiger partial charge in [-0.1, -0.05) is 33.1 Å². The predicted molar refractivity (Wildman–Crippen MR) is 92.3 cm³/mol. The third-order valence-electron chi connectivity index (χ3n) is 3.63. The second-order valence-corrected chi connectivity index (χ2v) is 5.62. The van der Waals surface area contributed by atoms with Crippen LogP contribution in [0.4, 0.5) is 0 Å². The number of rotatable bonds is 7. The normalized spacial score (nSPS) is 16.8. The first-order chi connectivity index (χ1) is 10.3. The van der Waals surface area contributed by atoms with Gasteiger partial charge in [0.2, 0.25) is 0 Å². The summed E-state index contributed by atoms with van der Waals surface area (Å²) in [6.07, 6.45) is 7.56. The van der Waals surface area contributed by atoms with Crippen LogP contribution in [0.1, 0.15) is 52.4 Å². The molecular formula is C16H33N5. The number of guanidine groups is 1. The summed E-state index contributed by atoms with van der Waals surface area (Å²) in [6.45, 7) is 9.54. The zero-order chi connectivity index (χ0) is 15.3. The average Bonchev–Trinajstić information content (AvgIpc) is 3.13. The van der Waals surface area contributed by atoms with Gasteiger partial charge in [0, 0.05) is 33.1 Å². The van der Waals surface area contributed by atoms with Gasteiger partial charge in [-0.15, -0.1) is 0 Å². The standard InChI is InChI=1S/C8H17N3.C8H16N2/c1-3-4-5-9-8-10-6-7-11(8)2;1-2-3-4-5-8-9-6-7-10-8/h3-7H2,1-2H3,(H,9,10);2-7H2,1H3,(H,9,10). The molecule has 0 spiro atoms. The summed E-state index contributed by atoms with van der Waals surface area (Å²) in [5.74, 6) is 2.30. The minimum Gasteiger partial charge on any atom is -0.372 e. The Morgan fingerprint density at radius 3 is 2.48 bits per heavy atom. The molecule has 2 aliphatic rings. The third kappa shape index (κ3) is 7.93. The molecule has 0 saturated heterocycles. The first kappa shape index (κ1) is 17.8. The molecule has 2 heterocycles. The molecule has 0 amide bonds. The van der Waals surface area contributed by atoms with Crippen molar-refractivity contribution in [2.75, 3.05) is 39.8 Å². The molecule has 21 heavy (non-hydrogen) atoms. The van der Waals surface area contributed by atoms with Crippen molar-refractivity contribution in [2.45, 2.75) is 52.4 Å². The second kappa shape index (κ2) is 11.4. The topological polar surface area (TPSA) is 52.0 Å². The highest BCUT2D eigenvalue weighted by molar-refractivity contribution is 5.83. The van der Waals surface area contributed by atoms with Crippen LogP contribution in [-0.2, 0) is 0 Å². The average molecular weight is 295 g/mol. The third-order valence-corrected chi connectivity index (χ3v) is 3.63. The summed E-state index contributed by atoms with van der Waals surface area (Å²) in [7, 11) is 2.07. The number of hydrogen-bond donors (Lipinski definition) is 2. The highest BCUT2D eigenvalue weighted by Gasteiger charge is 2.10. The van der Waals surface area contributed by atoms with Crippen molar-refractivity contribution in [3.8, 4) is 0 Å². The van der Waals surface area contributed by atoms with Crippen molar-refractivity contribution in [2.24, 2.45) is 9.98 Å². The summed E-state index contributed by atoms with van der Waals surface area (Å²) >= 11 is 0. The molecular weight excluding hydrogens is 262 g/mol. The number of nitrogens with one attached hydrogen (secondary N) is 2. The van der Waals surface area contributed by atoms with E-state index >= 15 is 0 Å². The second-order valence-electron chi connectivity index (χ2n) is 5.62. The molecule has 2 rings (SSSR count). The Hall–Kier alpha value is -1.26. The van der Waals surface area contributed by atoms with Crippen LogP contribution in [0.15, 0.2) is 9.98 Å². The summed E-state index contributed by atoms with van der Waals surface area (Å²) in [5, 5.41) is 6.57. The zero-order valence-electron chi connectivity index (χ0n) is 14.1. The maximum atomic E-state index is 4.32. The minimum atomic E-state index is 0.949. The smallest absolute Gasteiger partial charge is 0.193 e. The Bertz CT molecular complexity index is 325. The van der Waals surface area contributed by atoms with Crippen LogP contribution in [0.5, 0.6) is 0 Å². The number of likely N-dealkylation sites (N-methyl/N-ethyl adjacent to an activating group) is 1. The number of aliphatic imine (C=N–C) groups is 2. The Balaban J connectivity index is 0.000000211. The van der Waals surface area contributed by atoms with E-state index in [1.807, 2.05) is 0 Å². The van der Waals surface area contributed by atoms with Crippen LogP contribution < -0.4 is 10.6 Å². The monoisotopic (exact) mass is 295 g/mol. The van der Waals surface area contributed by atoms with E-state index in [9.17, 15) is 0 Å². The maximum Gasteiger partial charge on any atom is 0.193 e. The number of hydrogen-bond acceptors (Lipinski definition) is 5. The zero-order valence-corrected chi connectivity index (χ0v) is 14.1. The van der Waals surface area contributed by atoms with Gasteiger partial charge in [0.25, 0.3) is 0 Å². The molecule has 0 fully saturated rings. The SMILES string of the molecule is CCCCCC1=NCCN1.CCCCNC1=NCCN1C. The molecule has 5 nitrogen and oxygen atoms in total. The van der Waals surface area contributed by atoms with Gasteiger partial charge in [0.05, 0.1) is 18.9 Å². The molecule has 0 aromatic heterocycles. The van der Waals surface area contributed by atoms with E-state index in [4.69, 9.17) is 0 Å². The largest absolute Gasteiger partial charge is 0.372 e. The summed E-state index contributed by atoms with van der Waals surface area (Å²) < 4.78 is 0.